The largest absolute Gasteiger partial charge is 0.394 e. The fourth-order valence-electron chi connectivity index (χ4n) is 6.49. The van der Waals surface area contributed by atoms with Crippen LogP contribution in [0.3, 0.4) is 0 Å². The van der Waals surface area contributed by atoms with Gasteiger partial charge < -0.3 is 20.6 Å². The quantitative estimate of drug-likeness (QED) is 0.510. The van der Waals surface area contributed by atoms with Crippen LogP contribution < -0.4 is 10.6 Å². The van der Waals surface area contributed by atoms with Crippen LogP contribution in [0.25, 0.3) is 0 Å². The molecule has 3 amide bonds. The van der Waals surface area contributed by atoms with Crippen molar-refractivity contribution in [2.75, 3.05) is 11.9 Å². The summed E-state index contributed by atoms with van der Waals surface area (Å²) < 4.78 is -1.14. The minimum Gasteiger partial charge on any atom is -0.394 e. The van der Waals surface area contributed by atoms with Gasteiger partial charge in [0.25, 0.3) is 0 Å². The second-order valence-electron chi connectivity index (χ2n) is 10.3. The molecule has 3 aliphatic rings. The number of para-hydroxylation sites is 1. The zero-order valence-corrected chi connectivity index (χ0v) is 21.5. The molecule has 3 saturated heterocycles. The summed E-state index contributed by atoms with van der Waals surface area (Å²) in [4.78, 5) is 43.1. The molecule has 190 valence electrons. The van der Waals surface area contributed by atoms with E-state index in [1.807, 2.05) is 67.6 Å². The molecule has 0 aromatic heterocycles. The van der Waals surface area contributed by atoms with E-state index in [9.17, 15) is 19.5 Å². The summed E-state index contributed by atoms with van der Waals surface area (Å²) in [6.45, 7) is 4.09. The van der Waals surface area contributed by atoms with Crippen LogP contribution in [0, 0.1) is 11.8 Å². The summed E-state index contributed by atoms with van der Waals surface area (Å²) in [6, 6.07) is 17.7. The molecular weight excluding hydrogens is 474 g/mol. The van der Waals surface area contributed by atoms with Gasteiger partial charge in [-0.15, -0.1) is 11.8 Å². The molecule has 2 bridgehead atoms. The number of aliphatic hydroxyl groups excluding tert-OH is 1. The Bertz CT molecular complexity index is 1140. The Balaban J connectivity index is 1.49. The van der Waals surface area contributed by atoms with Crippen LogP contribution in [-0.2, 0) is 20.9 Å². The van der Waals surface area contributed by atoms with Gasteiger partial charge in [0, 0.05) is 17.0 Å². The molecule has 0 aliphatic carbocycles. The van der Waals surface area contributed by atoms with E-state index in [0.29, 0.717) is 25.1 Å². The maximum atomic E-state index is 14.1. The predicted molar refractivity (Wildman–Crippen MR) is 140 cm³/mol. The lowest BCUT2D eigenvalue weighted by Gasteiger charge is -2.36. The second-order valence-corrected chi connectivity index (χ2v) is 12.2. The van der Waals surface area contributed by atoms with Crippen molar-refractivity contribution in [2.24, 2.45) is 11.8 Å². The first kappa shape index (κ1) is 24.8. The number of hydrogen-bond acceptors (Lipinski definition) is 5. The minimum atomic E-state index is -0.739. The topological polar surface area (TPSA) is 98.7 Å². The molecule has 3 fully saturated rings. The standard InChI is InChI=1S/C28H33N3O4S/c1-3-20(17-32)31-23(25(34)29-16-18-10-6-4-7-11-18)28-15-14-27(2,36-28)21(22(28)26(31)35)24(33)30-19-12-8-5-9-13-19/h4-13,20-23,32H,3,14-17H2,1-2H3,(H,29,34)(H,30,33)/t20-,21-,22-,23?,27+,28?/m0/s1. The fourth-order valence-corrected chi connectivity index (χ4v) is 8.84. The molecule has 0 radical (unpaired) electrons. The first-order chi connectivity index (χ1) is 17.3. The zero-order valence-electron chi connectivity index (χ0n) is 20.6. The monoisotopic (exact) mass is 507 g/mol. The average Bonchev–Trinajstić information content (AvgIpc) is 3.46. The van der Waals surface area contributed by atoms with Crippen LogP contribution in [0.1, 0.15) is 38.7 Å². The Kier molecular flexibility index (Phi) is 6.59. The smallest absolute Gasteiger partial charge is 0.244 e. The maximum absolute atomic E-state index is 14.1. The van der Waals surface area contributed by atoms with Crippen molar-refractivity contribution >= 4 is 35.2 Å². The van der Waals surface area contributed by atoms with Gasteiger partial charge in [-0.05, 0) is 43.9 Å². The van der Waals surface area contributed by atoms with Crippen molar-refractivity contribution < 1.29 is 19.5 Å². The van der Waals surface area contributed by atoms with Gasteiger partial charge in [-0.2, -0.15) is 0 Å². The van der Waals surface area contributed by atoms with Crippen molar-refractivity contribution in [1.29, 1.82) is 0 Å². The molecule has 2 aromatic rings. The van der Waals surface area contributed by atoms with Gasteiger partial charge in [-0.25, -0.2) is 0 Å². The molecule has 2 unspecified atom stereocenters. The number of fused-ring (bicyclic) bond motifs is 1. The first-order valence-electron chi connectivity index (χ1n) is 12.7. The number of carbonyl (C=O) groups is 3. The number of carbonyl (C=O) groups excluding carboxylic acids is 3. The highest BCUT2D eigenvalue weighted by atomic mass is 32.2. The Morgan fingerprint density at radius 3 is 2.39 bits per heavy atom. The van der Waals surface area contributed by atoms with Crippen molar-refractivity contribution in [2.45, 2.75) is 61.2 Å². The fraction of sp³-hybridized carbons (Fsp3) is 0.464. The van der Waals surface area contributed by atoms with Crippen molar-refractivity contribution in [3.05, 3.63) is 66.2 Å². The molecule has 1 spiro atoms. The van der Waals surface area contributed by atoms with Gasteiger partial charge in [0.1, 0.15) is 6.04 Å². The highest BCUT2D eigenvalue weighted by molar-refractivity contribution is 8.02. The van der Waals surface area contributed by atoms with Gasteiger partial charge in [0.15, 0.2) is 0 Å². The normalized spacial score (nSPS) is 31.2. The molecular formula is C28H33N3O4S. The summed E-state index contributed by atoms with van der Waals surface area (Å²) >= 11 is 1.64. The van der Waals surface area contributed by atoms with Crippen LogP contribution in [0.15, 0.2) is 60.7 Å². The third kappa shape index (κ3) is 3.91. The van der Waals surface area contributed by atoms with Gasteiger partial charge in [0.05, 0.1) is 29.2 Å². The summed E-state index contributed by atoms with van der Waals surface area (Å²) in [5.74, 6) is -1.77. The Hall–Kier alpha value is -2.84. The third-order valence-corrected chi connectivity index (χ3v) is 10.2. The minimum absolute atomic E-state index is 0.182. The van der Waals surface area contributed by atoms with E-state index in [1.165, 1.54) is 0 Å². The second kappa shape index (κ2) is 9.56. The number of nitrogens with zero attached hydrogens (tertiary/aromatic N) is 1. The number of benzene rings is 2. The molecule has 6 atom stereocenters. The van der Waals surface area contributed by atoms with Gasteiger partial charge in [-0.1, -0.05) is 55.5 Å². The van der Waals surface area contributed by atoms with E-state index < -0.39 is 33.4 Å². The lowest BCUT2D eigenvalue weighted by Crippen LogP contribution is -2.56. The van der Waals surface area contributed by atoms with Crippen LogP contribution in [0.2, 0.25) is 0 Å². The first-order valence-corrected chi connectivity index (χ1v) is 13.5. The number of aliphatic hydroxyl groups is 1. The summed E-state index contributed by atoms with van der Waals surface area (Å²) in [5.41, 5.74) is 1.66. The number of nitrogens with one attached hydrogen (secondary N) is 2. The third-order valence-electron chi connectivity index (χ3n) is 8.17. The van der Waals surface area contributed by atoms with E-state index in [4.69, 9.17) is 0 Å². The number of hydrogen-bond donors (Lipinski definition) is 3. The van der Waals surface area contributed by atoms with Crippen LogP contribution in [-0.4, -0.2) is 55.9 Å². The zero-order chi connectivity index (χ0) is 25.5. The highest BCUT2D eigenvalue weighted by Crippen LogP contribution is 2.71. The van der Waals surface area contributed by atoms with Gasteiger partial charge in [0.2, 0.25) is 17.7 Å². The Morgan fingerprint density at radius 1 is 1.08 bits per heavy atom. The Labute approximate surface area is 216 Å². The summed E-state index contributed by atoms with van der Waals surface area (Å²) in [7, 11) is 0. The predicted octanol–water partition coefficient (Wildman–Crippen LogP) is 3.19. The number of amides is 3. The van der Waals surface area contributed by atoms with Crippen molar-refractivity contribution in [3.63, 3.8) is 0 Å². The van der Waals surface area contributed by atoms with E-state index in [0.717, 1.165) is 12.0 Å². The van der Waals surface area contributed by atoms with Gasteiger partial charge >= 0.3 is 0 Å². The van der Waals surface area contributed by atoms with Gasteiger partial charge in [-0.3, -0.25) is 14.4 Å². The SMILES string of the molecule is CC[C@@H](CO)N1C(=O)[C@@H]2[C@@H](C(=O)Nc3ccccc3)[C@@]3(C)CCC2(S3)C1C(=O)NCc1ccccc1. The lowest BCUT2D eigenvalue weighted by molar-refractivity contribution is -0.142. The van der Waals surface area contributed by atoms with E-state index >= 15 is 0 Å². The highest BCUT2D eigenvalue weighted by Gasteiger charge is 2.77. The van der Waals surface area contributed by atoms with E-state index in [1.54, 1.807) is 16.7 Å². The molecule has 2 aromatic carbocycles. The van der Waals surface area contributed by atoms with Crippen molar-refractivity contribution in [3.8, 4) is 0 Å². The molecule has 3 aliphatic heterocycles. The van der Waals surface area contributed by atoms with E-state index in [-0.39, 0.29) is 24.3 Å². The average molecular weight is 508 g/mol. The Morgan fingerprint density at radius 2 is 1.75 bits per heavy atom. The number of rotatable bonds is 8. The molecule has 3 N–H and O–H groups in total. The number of anilines is 1. The number of likely N-dealkylation sites (tertiary alicyclic amines) is 1. The molecule has 7 nitrogen and oxygen atoms in total. The van der Waals surface area contributed by atoms with Crippen molar-refractivity contribution in [1.82, 2.24) is 10.2 Å². The number of thioether (sulfide) groups is 1. The van der Waals surface area contributed by atoms with Crippen LogP contribution >= 0.6 is 11.8 Å². The molecule has 36 heavy (non-hydrogen) atoms. The molecule has 3 heterocycles. The van der Waals surface area contributed by atoms with E-state index in [2.05, 4.69) is 17.6 Å². The summed E-state index contributed by atoms with van der Waals surface area (Å²) in [5, 5.41) is 16.2. The van der Waals surface area contributed by atoms with Crippen LogP contribution in [0.5, 0.6) is 0 Å². The molecule has 5 rings (SSSR count). The maximum Gasteiger partial charge on any atom is 0.244 e. The van der Waals surface area contributed by atoms with Crippen LogP contribution in [0.4, 0.5) is 5.69 Å². The molecule has 0 saturated carbocycles. The summed E-state index contributed by atoms with van der Waals surface area (Å²) in [6.07, 6.45) is 1.96. The molecule has 8 heteroatoms. The lowest BCUT2D eigenvalue weighted by atomic mass is 9.66.